The van der Waals surface area contributed by atoms with E-state index in [9.17, 15) is 4.79 Å². The summed E-state index contributed by atoms with van der Waals surface area (Å²) in [7, 11) is 0. The van der Waals surface area contributed by atoms with Gasteiger partial charge in [0.2, 0.25) is 6.79 Å². The predicted molar refractivity (Wildman–Crippen MR) is 109 cm³/mol. The van der Waals surface area contributed by atoms with Crippen LogP contribution in [-0.2, 0) is 0 Å². The van der Waals surface area contributed by atoms with E-state index in [1.807, 2.05) is 42.5 Å². The molecular weight excluding hydrogens is 422 g/mol. The summed E-state index contributed by atoms with van der Waals surface area (Å²) >= 11 is 3.47. The summed E-state index contributed by atoms with van der Waals surface area (Å²) in [5.41, 5.74) is 5.81. The molecule has 1 fully saturated rings. The minimum absolute atomic E-state index is 0.223. The Labute approximate surface area is 169 Å². The van der Waals surface area contributed by atoms with E-state index in [1.54, 1.807) is 6.21 Å². The zero-order valence-corrected chi connectivity index (χ0v) is 16.4. The van der Waals surface area contributed by atoms with Crippen molar-refractivity contribution in [2.75, 3.05) is 6.79 Å². The fourth-order valence-corrected chi connectivity index (χ4v) is 3.57. The van der Waals surface area contributed by atoms with Crippen LogP contribution in [0.2, 0.25) is 0 Å². The van der Waals surface area contributed by atoms with Gasteiger partial charge in [-0.1, -0.05) is 15.9 Å². The highest BCUT2D eigenvalue weighted by molar-refractivity contribution is 9.10. The molecule has 2 heterocycles. The largest absolute Gasteiger partial charge is 0.454 e. The highest BCUT2D eigenvalue weighted by Gasteiger charge is 2.27. The van der Waals surface area contributed by atoms with Crippen molar-refractivity contribution in [2.45, 2.75) is 18.8 Å². The minimum Gasteiger partial charge on any atom is -0.454 e. The molecule has 1 N–H and O–H groups in total. The molecule has 0 saturated heterocycles. The molecule has 7 heteroatoms. The van der Waals surface area contributed by atoms with Gasteiger partial charge in [-0.15, -0.1) is 0 Å². The van der Waals surface area contributed by atoms with Gasteiger partial charge in [0, 0.05) is 21.5 Å². The molecule has 1 amide bonds. The van der Waals surface area contributed by atoms with Crippen molar-refractivity contribution < 1.29 is 14.3 Å². The van der Waals surface area contributed by atoms with Gasteiger partial charge in [0.25, 0.3) is 5.91 Å². The average molecular weight is 438 g/mol. The second-order valence-electron chi connectivity index (χ2n) is 6.84. The molecule has 0 atom stereocenters. The molecular formula is C21H16BrN3O3. The number of halogens is 1. The standard InChI is InChI=1S/C21H16BrN3O3/c22-14-4-5-17-15(8-14)16(9-18(24-17)13-2-3-13)21(26)25-23-10-12-1-6-19-20(7-12)28-11-27-19/h1,4-10,13H,2-3,11H2,(H,25,26)/b23-10+. The number of fused-ring (bicyclic) bond motifs is 2. The highest BCUT2D eigenvalue weighted by atomic mass is 79.9. The summed E-state index contributed by atoms with van der Waals surface area (Å²) < 4.78 is 11.5. The third kappa shape index (κ3) is 3.33. The molecule has 6 nitrogen and oxygen atoms in total. The average Bonchev–Trinajstić information content (AvgIpc) is 3.45. The summed E-state index contributed by atoms with van der Waals surface area (Å²) in [6.07, 6.45) is 3.83. The number of rotatable bonds is 4. The van der Waals surface area contributed by atoms with Crippen LogP contribution in [0.5, 0.6) is 11.5 Å². The number of nitrogens with one attached hydrogen (secondary N) is 1. The van der Waals surface area contributed by atoms with Crippen LogP contribution in [-0.4, -0.2) is 23.9 Å². The van der Waals surface area contributed by atoms with Crippen LogP contribution in [0.3, 0.4) is 0 Å². The second kappa shape index (κ2) is 6.91. The Bertz CT molecular complexity index is 1130. The van der Waals surface area contributed by atoms with Crippen molar-refractivity contribution in [2.24, 2.45) is 5.10 Å². The van der Waals surface area contributed by atoms with Crippen LogP contribution in [0.25, 0.3) is 10.9 Å². The van der Waals surface area contributed by atoms with Crippen molar-refractivity contribution in [3.8, 4) is 11.5 Å². The third-order valence-electron chi connectivity index (χ3n) is 4.81. The van der Waals surface area contributed by atoms with Gasteiger partial charge >= 0.3 is 0 Å². The van der Waals surface area contributed by atoms with Crippen molar-refractivity contribution >= 4 is 39.0 Å². The van der Waals surface area contributed by atoms with Crippen LogP contribution in [0.4, 0.5) is 0 Å². The molecule has 28 heavy (non-hydrogen) atoms. The minimum atomic E-state index is -0.260. The lowest BCUT2D eigenvalue weighted by Crippen LogP contribution is -2.18. The summed E-state index contributed by atoms with van der Waals surface area (Å²) in [5, 5.41) is 4.91. The Balaban J connectivity index is 1.41. The fraction of sp³-hybridized carbons (Fsp3) is 0.190. The quantitative estimate of drug-likeness (QED) is 0.485. The Hall–Kier alpha value is -2.93. The van der Waals surface area contributed by atoms with Gasteiger partial charge in [0.05, 0.1) is 17.3 Å². The molecule has 3 aromatic rings. The van der Waals surface area contributed by atoms with E-state index < -0.39 is 0 Å². The number of amides is 1. The Morgan fingerprint density at radius 1 is 1.14 bits per heavy atom. The molecule has 2 aromatic carbocycles. The van der Waals surface area contributed by atoms with E-state index in [-0.39, 0.29) is 12.7 Å². The van der Waals surface area contributed by atoms with E-state index in [2.05, 4.69) is 26.5 Å². The molecule has 0 radical (unpaired) electrons. The van der Waals surface area contributed by atoms with Crippen LogP contribution in [0.1, 0.15) is 40.4 Å². The summed E-state index contributed by atoms with van der Waals surface area (Å²) in [6, 6.07) is 13.2. The fourth-order valence-electron chi connectivity index (χ4n) is 3.21. The van der Waals surface area contributed by atoms with Crippen molar-refractivity contribution in [1.29, 1.82) is 0 Å². The van der Waals surface area contributed by atoms with Crippen LogP contribution < -0.4 is 14.9 Å². The smallest absolute Gasteiger partial charge is 0.272 e. The van der Waals surface area contributed by atoms with E-state index in [1.165, 1.54) is 0 Å². The number of hydrogen-bond acceptors (Lipinski definition) is 5. The van der Waals surface area contributed by atoms with Gasteiger partial charge in [-0.3, -0.25) is 9.78 Å². The molecule has 140 valence electrons. The Morgan fingerprint density at radius 3 is 2.86 bits per heavy atom. The lowest BCUT2D eigenvalue weighted by molar-refractivity contribution is 0.0956. The maximum atomic E-state index is 12.8. The lowest BCUT2D eigenvalue weighted by Gasteiger charge is -2.09. The molecule has 0 spiro atoms. The molecule has 2 aliphatic rings. The monoisotopic (exact) mass is 437 g/mol. The summed E-state index contributed by atoms with van der Waals surface area (Å²) in [6.45, 7) is 0.223. The SMILES string of the molecule is O=C(N/N=C/c1ccc2c(c1)OCO2)c1cc(C2CC2)nc2ccc(Br)cc12. The van der Waals surface area contributed by atoms with Gasteiger partial charge in [0.1, 0.15) is 0 Å². The maximum Gasteiger partial charge on any atom is 0.272 e. The van der Waals surface area contributed by atoms with E-state index in [4.69, 9.17) is 14.5 Å². The number of benzene rings is 2. The van der Waals surface area contributed by atoms with E-state index >= 15 is 0 Å². The molecule has 1 aliphatic heterocycles. The maximum absolute atomic E-state index is 12.8. The van der Waals surface area contributed by atoms with Crippen LogP contribution in [0.15, 0.2) is 52.0 Å². The first kappa shape index (κ1) is 17.2. The molecule has 0 bridgehead atoms. The predicted octanol–water partition coefficient (Wildman–Crippen LogP) is 4.37. The zero-order valence-electron chi connectivity index (χ0n) is 14.8. The first-order valence-electron chi connectivity index (χ1n) is 9.00. The number of aromatic nitrogens is 1. The third-order valence-corrected chi connectivity index (χ3v) is 5.30. The number of hydrazone groups is 1. The van der Waals surface area contributed by atoms with Crippen molar-refractivity contribution in [3.05, 3.63) is 63.8 Å². The highest BCUT2D eigenvalue weighted by Crippen LogP contribution is 2.40. The van der Waals surface area contributed by atoms with Crippen LogP contribution in [0, 0.1) is 0 Å². The van der Waals surface area contributed by atoms with Gasteiger partial charge < -0.3 is 9.47 Å². The zero-order chi connectivity index (χ0) is 19.1. The van der Waals surface area contributed by atoms with Gasteiger partial charge in [-0.05, 0) is 60.9 Å². The van der Waals surface area contributed by atoms with Crippen molar-refractivity contribution in [3.63, 3.8) is 0 Å². The van der Waals surface area contributed by atoms with Gasteiger partial charge in [-0.25, -0.2) is 5.43 Å². The Kier molecular flexibility index (Phi) is 4.24. The number of carbonyl (C=O) groups excluding carboxylic acids is 1. The van der Waals surface area contributed by atoms with Crippen molar-refractivity contribution in [1.82, 2.24) is 10.4 Å². The molecule has 5 rings (SSSR count). The number of pyridine rings is 1. The molecule has 0 unspecified atom stereocenters. The number of nitrogens with zero attached hydrogens (tertiary/aromatic N) is 2. The molecule has 1 aromatic heterocycles. The number of ether oxygens (including phenoxy) is 2. The van der Waals surface area contributed by atoms with Crippen LogP contribution >= 0.6 is 15.9 Å². The normalized spacial score (nSPS) is 15.3. The summed E-state index contributed by atoms with van der Waals surface area (Å²) in [4.78, 5) is 17.5. The second-order valence-corrected chi connectivity index (χ2v) is 7.76. The topological polar surface area (TPSA) is 72.8 Å². The lowest BCUT2D eigenvalue weighted by atomic mass is 10.1. The first-order chi connectivity index (χ1) is 13.7. The van der Waals surface area contributed by atoms with E-state index in [0.29, 0.717) is 23.0 Å². The molecule has 1 saturated carbocycles. The Morgan fingerprint density at radius 2 is 2.00 bits per heavy atom. The van der Waals surface area contributed by atoms with E-state index in [0.717, 1.165) is 39.5 Å². The molecule has 1 aliphatic carbocycles. The number of carbonyl (C=O) groups is 1. The number of hydrogen-bond donors (Lipinski definition) is 1. The van der Waals surface area contributed by atoms with Gasteiger partial charge in [0.15, 0.2) is 11.5 Å². The first-order valence-corrected chi connectivity index (χ1v) is 9.80. The van der Waals surface area contributed by atoms with Gasteiger partial charge in [-0.2, -0.15) is 5.10 Å². The summed E-state index contributed by atoms with van der Waals surface area (Å²) in [5.74, 6) is 1.58.